The van der Waals surface area contributed by atoms with E-state index in [1.54, 1.807) is 16.8 Å². The van der Waals surface area contributed by atoms with Crippen molar-refractivity contribution in [3.05, 3.63) is 46.2 Å². The maximum Gasteiger partial charge on any atom is 0.150 e. The third-order valence-corrected chi connectivity index (χ3v) is 3.00. The molecule has 0 bridgehead atoms. The molecule has 0 fully saturated rings. The highest BCUT2D eigenvalue weighted by Gasteiger charge is 2.10. The highest BCUT2D eigenvalue weighted by Crippen LogP contribution is 2.22. The molecule has 0 amide bonds. The average molecular weight is 235 g/mol. The summed E-state index contributed by atoms with van der Waals surface area (Å²) in [7, 11) is 0. The van der Waals surface area contributed by atoms with Crippen LogP contribution in [-0.2, 0) is 0 Å². The molecule has 1 aromatic carbocycles. The second-order valence-corrected chi connectivity index (χ2v) is 3.99. The van der Waals surface area contributed by atoms with Gasteiger partial charge in [0.15, 0.2) is 0 Å². The molecule has 0 saturated carbocycles. The molecule has 0 aliphatic heterocycles. The van der Waals surface area contributed by atoms with Crippen LogP contribution >= 0.6 is 11.6 Å². The smallest absolute Gasteiger partial charge is 0.150 e. The van der Waals surface area contributed by atoms with Gasteiger partial charge in [0.2, 0.25) is 0 Å². The third-order valence-electron chi connectivity index (χ3n) is 2.45. The van der Waals surface area contributed by atoms with Crippen molar-refractivity contribution < 1.29 is 4.79 Å². The van der Waals surface area contributed by atoms with Crippen molar-refractivity contribution in [1.82, 2.24) is 9.78 Å². The van der Waals surface area contributed by atoms with Crippen LogP contribution < -0.4 is 0 Å². The Balaban J connectivity index is 2.58. The van der Waals surface area contributed by atoms with Gasteiger partial charge in [-0.15, -0.1) is 0 Å². The number of halogens is 1. The molecule has 0 atom stereocenters. The summed E-state index contributed by atoms with van der Waals surface area (Å²) in [4.78, 5) is 10.7. The van der Waals surface area contributed by atoms with E-state index in [1.165, 1.54) is 0 Å². The minimum atomic E-state index is 0.626. The van der Waals surface area contributed by atoms with Crippen LogP contribution in [0.15, 0.2) is 24.3 Å². The summed E-state index contributed by atoms with van der Waals surface area (Å²) in [5, 5.41) is 4.99. The second kappa shape index (κ2) is 4.10. The molecule has 16 heavy (non-hydrogen) atoms. The molecule has 0 unspecified atom stereocenters. The van der Waals surface area contributed by atoms with Crippen molar-refractivity contribution in [2.45, 2.75) is 13.8 Å². The minimum Gasteiger partial charge on any atom is -0.298 e. The van der Waals surface area contributed by atoms with Crippen LogP contribution in [0.25, 0.3) is 5.69 Å². The molecule has 0 N–H and O–H groups in total. The van der Waals surface area contributed by atoms with E-state index in [2.05, 4.69) is 5.10 Å². The fourth-order valence-corrected chi connectivity index (χ4v) is 1.72. The molecule has 1 aromatic heterocycles. The van der Waals surface area contributed by atoms with E-state index in [0.29, 0.717) is 10.6 Å². The maximum absolute atomic E-state index is 10.7. The number of benzene rings is 1. The number of aldehydes is 1. The Labute approximate surface area is 98.7 Å². The number of hydrogen-bond donors (Lipinski definition) is 0. The van der Waals surface area contributed by atoms with E-state index in [9.17, 15) is 4.79 Å². The van der Waals surface area contributed by atoms with Gasteiger partial charge in [-0.2, -0.15) is 5.10 Å². The van der Waals surface area contributed by atoms with Crippen LogP contribution in [0.1, 0.15) is 21.7 Å². The van der Waals surface area contributed by atoms with Gasteiger partial charge in [0.05, 0.1) is 22.1 Å². The summed E-state index contributed by atoms with van der Waals surface area (Å²) in [6, 6.07) is 7.25. The van der Waals surface area contributed by atoms with Crippen molar-refractivity contribution in [1.29, 1.82) is 0 Å². The number of carbonyl (C=O) groups excluding carboxylic acids is 1. The summed E-state index contributed by atoms with van der Waals surface area (Å²) in [5.41, 5.74) is 3.14. The lowest BCUT2D eigenvalue weighted by molar-refractivity contribution is 0.112. The van der Waals surface area contributed by atoms with E-state index in [0.717, 1.165) is 23.4 Å². The molecular formula is C12H11ClN2O. The fraction of sp³-hybridized carbons (Fsp3) is 0.167. The average Bonchev–Trinajstić information content (AvgIpc) is 2.57. The van der Waals surface area contributed by atoms with Gasteiger partial charge in [0.25, 0.3) is 0 Å². The molecule has 0 spiro atoms. The van der Waals surface area contributed by atoms with Gasteiger partial charge in [0, 0.05) is 5.56 Å². The van der Waals surface area contributed by atoms with E-state index in [4.69, 9.17) is 11.6 Å². The van der Waals surface area contributed by atoms with Crippen molar-refractivity contribution in [2.75, 3.05) is 0 Å². The van der Waals surface area contributed by atoms with Crippen LogP contribution in [0, 0.1) is 13.8 Å². The van der Waals surface area contributed by atoms with Gasteiger partial charge in [-0.1, -0.05) is 23.7 Å². The maximum atomic E-state index is 10.7. The molecule has 1 heterocycles. The summed E-state index contributed by atoms with van der Waals surface area (Å²) in [6.45, 7) is 3.76. The van der Waals surface area contributed by atoms with Crippen LogP contribution in [0.4, 0.5) is 0 Å². The van der Waals surface area contributed by atoms with Crippen LogP contribution in [0.3, 0.4) is 0 Å². The predicted octanol–water partition coefficient (Wildman–Crippen LogP) is 2.96. The zero-order chi connectivity index (χ0) is 11.7. The fourth-order valence-electron chi connectivity index (χ4n) is 1.60. The Kier molecular flexibility index (Phi) is 2.79. The highest BCUT2D eigenvalue weighted by molar-refractivity contribution is 6.31. The quantitative estimate of drug-likeness (QED) is 0.749. The summed E-state index contributed by atoms with van der Waals surface area (Å²) in [5.74, 6) is 0. The largest absolute Gasteiger partial charge is 0.298 e. The third kappa shape index (κ3) is 1.74. The lowest BCUT2D eigenvalue weighted by Crippen LogP contribution is -1.99. The van der Waals surface area contributed by atoms with Crippen molar-refractivity contribution >= 4 is 17.9 Å². The van der Waals surface area contributed by atoms with Crippen molar-refractivity contribution in [3.63, 3.8) is 0 Å². The predicted molar refractivity (Wildman–Crippen MR) is 63.4 cm³/mol. The van der Waals surface area contributed by atoms with Crippen molar-refractivity contribution in [3.8, 4) is 5.69 Å². The molecular weight excluding hydrogens is 224 g/mol. The van der Waals surface area contributed by atoms with Gasteiger partial charge in [-0.05, 0) is 26.0 Å². The Morgan fingerprint density at radius 3 is 2.69 bits per heavy atom. The standard InChI is InChI=1S/C12H11ClN2O/c1-8-12(13)9(2)15(14-8)11-5-3-4-10(6-11)7-16/h3-7H,1-2H3. The molecule has 4 heteroatoms. The number of aryl methyl sites for hydroxylation is 1. The molecule has 2 rings (SSSR count). The van der Waals surface area contributed by atoms with Crippen molar-refractivity contribution in [2.24, 2.45) is 0 Å². The molecule has 82 valence electrons. The first-order chi connectivity index (χ1) is 7.63. The second-order valence-electron chi connectivity index (χ2n) is 3.61. The molecule has 0 radical (unpaired) electrons. The SMILES string of the molecule is Cc1nn(-c2cccc(C=O)c2)c(C)c1Cl. The zero-order valence-electron chi connectivity index (χ0n) is 9.07. The van der Waals surface area contributed by atoms with Gasteiger partial charge >= 0.3 is 0 Å². The highest BCUT2D eigenvalue weighted by atomic mass is 35.5. The molecule has 2 aromatic rings. The number of aromatic nitrogens is 2. The first kappa shape index (κ1) is 10.9. The van der Waals surface area contributed by atoms with E-state index in [1.807, 2.05) is 26.0 Å². The molecule has 0 saturated heterocycles. The lowest BCUT2D eigenvalue weighted by atomic mass is 10.2. The number of nitrogens with zero attached hydrogens (tertiary/aromatic N) is 2. The van der Waals surface area contributed by atoms with Gasteiger partial charge < -0.3 is 0 Å². The van der Waals surface area contributed by atoms with Crippen LogP contribution in [0.5, 0.6) is 0 Å². The molecule has 0 aliphatic carbocycles. The lowest BCUT2D eigenvalue weighted by Gasteiger charge is -2.04. The van der Waals surface area contributed by atoms with Gasteiger partial charge in [0.1, 0.15) is 6.29 Å². The van der Waals surface area contributed by atoms with Crippen LogP contribution in [-0.4, -0.2) is 16.1 Å². The number of carbonyl (C=O) groups is 1. The zero-order valence-corrected chi connectivity index (χ0v) is 9.82. The number of rotatable bonds is 2. The summed E-state index contributed by atoms with van der Waals surface area (Å²) >= 11 is 6.07. The Morgan fingerprint density at radius 2 is 2.12 bits per heavy atom. The molecule has 3 nitrogen and oxygen atoms in total. The van der Waals surface area contributed by atoms with E-state index >= 15 is 0 Å². The van der Waals surface area contributed by atoms with Gasteiger partial charge in [-0.3, -0.25) is 4.79 Å². The summed E-state index contributed by atoms with van der Waals surface area (Å²) in [6.07, 6.45) is 0.816. The topological polar surface area (TPSA) is 34.9 Å². The number of hydrogen-bond acceptors (Lipinski definition) is 2. The normalized spacial score (nSPS) is 10.4. The Morgan fingerprint density at radius 1 is 1.38 bits per heavy atom. The van der Waals surface area contributed by atoms with Gasteiger partial charge in [-0.25, -0.2) is 4.68 Å². The monoisotopic (exact) mass is 234 g/mol. The minimum absolute atomic E-state index is 0.626. The summed E-state index contributed by atoms with van der Waals surface area (Å²) < 4.78 is 1.74. The molecule has 0 aliphatic rings. The first-order valence-electron chi connectivity index (χ1n) is 4.91. The Hall–Kier alpha value is -1.61. The van der Waals surface area contributed by atoms with Crippen LogP contribution in [0.2, 0.25) is 5.02 Å². The Bertz CT molecular complexity index is 546. The van der Waals surface area contributed by atoms with E-state index in [-0.39, 0.29) is 0 Å². The first-order valence-corrected chi connectivity index (χ1v) is 5.28. The van der Waals surface area contributed by atoms with E-state index < -0.39 is 0 Å².